The third-order valence-corrected chi connectivity index (χ3v) is 3.35. The highest BCUT2D eigenvalue weighted by Gasteiger charge is 2.20. The van der Waals surface area contributed by atoms with Gasteiger partial charge in [-0.1, -0.05) is 25.1 Å². The first kappa shape index (κ1) is 12.8. The molecule has 2 aromatic heterocycles. The molecule has 1 aromatic carbocycles. The van der Waals surface area contributed by atoms with E-state index in [1.807, 2.05) is 19.1 Å². The van der Waals surface area contributed by atoms with Gasteiger partial charge in [0.1, 0.15) is 5.76 Å². The van der Waals surface area contributed by atoms with Crippen LogP contribution in [0.3, 0.4) is 0 Å². The molecule has 2 heterocycles. The van der Waals surface area contributed by atoms with Crippen LogP contribution in [0.25, 0.3) is 11.0 Å². The molecule has 0 aliphatic carbocycles. The van der Waals surface area contributed by atoms with Crippen LogP contribution in [0.4, 0.5) is 4.39 Å². The topological polar surface area (TPSA) is 46.3 Å². The monoisotopic (exact) mass is 271 g/mol. The summed E-state index contributed by atoms with van der Waals surface area (Å²) in [6.45, 7) is 1.99. The van der Waals surface area contributed by atoms with Crippen LogP contribution in [0.15, 0.2) is 47.0 Å². The van der Waals surface area contributed by atoms with Gasteiger partial charge in [0.2, 0.25) is 0 Å². The van der Waals surface area contributed by atoms with Crippen molar-refractivity contribution in [2.24, 2.45) is 0 Å². The van der Waals surface area contributed by atoms with Gasteiger partial charge in [-0.2, -0.15) is 0 Å². The molecule has 0 amide bonds. The third-order valence-electron chi connectivity index (χ3n) is 3.35. The highest BCUT2D eigenvalue weighted by molar-refractivity contribution is 5.78. The number of benzene rings is 1. The molecule has 4 heteroatoms. The summed E-state index contributed by atoms with van der Waals surface area (Å²) in [7, 11) is 0. The summed E-state index contributed by atoms with van der Waals surface area (Å²) in [5.41, 5.74) is 1.66. The van der Waals surface area contributed by atoms with Crippen LogP contribution < -0.4 is 0 Å². The molecule has 1 atom stereocenters. The van der Waals surface area contributed by atoms with Gasteiger partial charge in [0, 0.05) is 11.6 Å². The SMILES string of the molecule is CCc1cccnc1C(O)c1cc2cccc(F)c2o1. The lowest BCUT2D eigenvalue weighted by atomic mass is 10.1. The van der Waals surface area contributed by atoms with Crippen molar-refractivity contribution in [1.29, 1.82) is 0 Å². The number of furan rings is 1. The van der Waals surface area contributed by atoms with E-state index in [-0.39, 0.29) is 5.58 Å². The van der Waals surface area contributed by atoms with Gasteiger partial charge in [0.25, 0.3) is 0 Å². The number of aliphatic hydroxyl groups is 1. The molecule has 1 N–H and O–H groups in total. The number of hydrogen-bond donors (Lipinski definition) is 1. The minimum atomic E-state index is -0.988. The molecular weight excluding hydrogens is 257 g/mol. The molecule has 0 aliphatic heterocycles. The fourth-order valence-electron chi connectivity index (χ4n) is 2.31. The van der Waals surface area contributed by atoms with E-state index in [2.05, 4.69) is 4.98 Å². The first-order chi connectivity index (χ1) is 9.70. The summed E-state index contributed by atoms with van der Waals surface area (Å²) in [5.74, 6) is -0.129. The van der Waals surface area contributed by atoms with Gasteiger partial charge in [0.15, 0.2) is 17.5 Å². The van der Waals surface area contributed by atoms with Crippen LogP contribution in [-0.4, -0.2) is 10.1 Å². The van der Waals surface area contributed by atoms with E-state index in [1.54, 1.807) is 24.4 Å². The number of para-hydroxylation sites is 1. The average molecular weight is 271 g/mol. The maximum atomic E-state index is 13.6. The summed E-state index contributed by atoms with van der Waals surface area (Å²) in [4.78, 5) is 4.21. The molecule has 3 nitrogen and oxygen atoms in total. The lowest BCUT2D eigenvalue weighted by Crippen LogP contribution is -2.04. The third kappa shape index (κ3) is 2.08. The summed E-state index contributed by atoms with van der Waals surface area (Å²) >= 11 is 0. The van der Waals surface area contributed by atoms with Crippen molar-refractivity contribution >= 4 is 11.0 Å². The largest absolute Gasteiger partial charge is 0.455 e. The number of aromatic nitrogens is 1. The van der Waals surface area contributed by atoms with Gasteiger partial charge in [-0.3, -0.25) is 4.98 Å². The van der Waals surface area contributed by atoms with E-state index in [0.29, 0.717) is 16.8 Å². The minimum Gasteiger partial charge on any atom is -0.455 e. The normalized spacial score (nSPS) is 12.8. The Kier molecular flexibility index (Phi) is 3.24. The van der Waals surface area contributed by atoms with Gasteiger partial charge < -0.3 is 9.52 Å². The van der Waals surface area contributed by atoms with Crippen molar-refractivity contribution < 1.29 is 13.9 Å². The number of nitrogens with zero attached hydrogens (tertiary/aromatic N) is 1. The van der Waals surface area contributed by atoms with Gasteiger partial charge >= 0.3 is 0 Å². The molecule has 0 radical (unpaired) electrons. The summed E-state index contributed by atoms with van der Waals surface area (Å²) in [6, 6.07) is 10.1. The second kappa shape index (κ2) is 5.06. The fraction of sp³-hybridized carbons (Fsp3) is 0.188. The lowest BCUT2D eigenvalue weighted by molar-refractivity contribution is 0.186. The van der Waals surface area contributed by atoms with Crippen LogP contribution >= 0.6 is 0 Å². The molecule has 1 unspecified atom stereocenters. The average Bonchev–Trinajstić information content (AvgIpc) is 2.92. The molecule has 0 saturated carbocycles. The summed E-state index contributed by atoms with van der Waals surface area (Å²) < 4.78 is 19.1. The molecule has 3 aromatic rings. The van der Waals surface area contributed by atoms with Crippen molar-refractivity contribution in [3.8, 4) is 0 Å². The molecule has 0 fully saturated rings. The number of fused-ring (bicyclic) bond motifs is 1. The number of aliphatic hydroxyl groups excluding tert-OH is 1. The summed E-state index contributed by atoms with van der Waals surface area (Å²) in [5, 5.41) is 11.0. The lowest BCUT2D eigenvalue weighted by Gasteiger charge is -2.10. The molecule has 3 rings (SSSR count). The number of pyridine rings is 1. The van der Waals surface area contributed by atoms with Crippen LogP contribution in [-0.2, 0) is 6.42 Å². The molecule has 102 valence electrons. The smallest absolute Gasteiger partial charge is 0.170 e. The Labute approximate surface area is 115 Å². The first-order valence-corrected chi connectivity index (χ1v) is 6.50. The van der Waals surface area contributed by atoms with Gasteiger partial charge in [-0.25, -0.2) is 4.39 Å². The summed E-state index contributed by atoms with van der Waals surface area (Å²) in [6.07, 6.45) is 1.40. The van der Waals surface area contributed by atoms with Crippen molar-refractivity contribution in [1.82, 2.24) is 4.98 Å². The standard InChI is InChI=1S/C16H14FNO2/c1-2-10-6-4-8-18-14(10)15(19)13-9-11-5-3-7-12(17)16(11)20-13/h3-9,15,19H,2H2,1H3. The Morgan fingerprint density at radius 1 is 1.30 bits per heavy atom. The molecule has 0 spiro atoms. The van der Waals surface area contributed by atoms with Crippen LogP contribution in [0, 0.1) is 5.82 Å². The van der Waals surface area contributed by atoms with Crippen molar-refractivity contribution in [2.75, 3.05) is 0 Å². The predicted octanol–water partition coefficient (Wildman–Crippen LogP) is 3.61. The fourth-order valence-corrected chi connectivity index (χ4v) is 2.31. The second-order valence-electron chi connectivity index (χ2n) is 4.61. The Hall–Kier alpha value is -2.20. The van der Waals surface area contributed by atoms with E-state index in [4.69, 9.17) is 4.42 Å². The van der Waals surface area contributed by atoms with E-state index >= 15 is 0 Å². The predicted molar refractivity (Wildman–Crippen MR) is 73.8 cm³/mol. The zero-order chi connectivity index (χ0) is 14.1. The van der Waals surface area contributed by atoms with Gasteiger partial charge in [0.05, 0.1) is 5.69 Å². The van der Waals surface area contributed by atoms with Gasteiger partial charge in [-0.15, -0.1) is 0 Å². The Morgan fingerprint density at radius 2 is 2.15 bits per heavy atom. The van der Waals surface area contributed by atoms with Gasteiger partial charge in [-0.05, 0) is 30.2 Å². The minimum absolute atomic E-state index is 0.163. The quantitative estimate of drug-likeness (QED) is 0.791. The van der Waals surface area contributed by atoms with Crippen molar-refractivity contribution in [3.05, 3.63) is 65.4 Å². The van der Waals surface area contributed by atoms with E-state index in [9.17, 15) is 9.50 Å². The Balaban J connectivity index is 2.08. The molecule has 0 saturated heterocycles. The van der Waals surface area contributed by atoms with E-state index in [1.165, 1.54) is 6.07 Å². The Bertz CT molecular complexity index is 751. The van der Waals surface area contributed by atoms with Crippen LogP contribution in [0.1, 0.15) is 30.0 Å². The van der Waals surface area contributed by atoms with E-state index < -0.39 is 11.9 Å². The molecular formula is C16H14FNO2. The van der Waals surface area contributed by atoms with Crippen LogP contribution in [0.2, 0.25) is 0 Å². The zero-order valence-electron chi connectivity index (χ0n) is 11.0. The first-order valence-electron chi connectivity index (χ1n) is 6.50. The number of aryl methyl sites for hydroxylation is 1. The highest BCUT2D eigenvalue weighted by atomic mass is 19.1. The van der Waals surface area contributed by atoms with E-state index in [0.717, 1.165) is 12.0 Å². The van der Waals surface area contributed by atoms with Crippen LogP contribution in [0.5, 0.6) is 0 Å². The second-order valence-corrected chi connectivity index (χ2v) is 4.61. The maximum absolute atomic E-state index is 13.6. The Morgan fingerprint density at radius 3 is 2.90 bits per heavy atom. The number of rotatable bonds is 3. The molecule has 0 aliphatic rings. The number of hydrogen-bond acceptors (Lipinski definition) is 3. The highest BCUT2D eigenvalue weighted by Crippen LogP contribution is 2.30. The molecule has 0 bridgehead atoms. The van der Waals surface area contributed by atoms with Crippen molar-refractivity contribution in [3.63, 3.8) is 0 Å². The zero-order valence-corrected chi connectivity index (χ0v) is 11.0. The number of halogens is 1. The molecule has 20 heavy (non-hydrogen) atoms. The van der Waals surface area contributed by atoms with Crippen molar-refractivity contribution in [2.45, 2.75) is 19.4 Å². The maximum Gasteiger partial charge on any atom is 0.170 e.